The van der Waals surface area contributed by atoms with Crippen LogP contribution in [0.15, 0.2) is 60.6 Å². The van der Waals surface area contributed by atoms with Gasteiger partial charge in [-0.05, 0) is 86.9 Å². The molecule has 1 aliphatic rings. The Balaban J connectivity index is 0.000000328. The van der Waals surface area contributed by atoms with Crippen LogP contribution in [-0.4, -0.2) is 44.6 Å². The minimum Gasteiger partial charge on any atom is -0.359 e. The maximum absolute atomic E-state index is 8.29. The summed E-state index contributed by atoms with van der Waals surface area (Å²) in [6.07, 6.45) is 9.94. The van der Waals surface area contributed by atoms with Crippen LogP contribution in [0, 0.1) is 13.8 Å². The Morgan fingerprint density at radius 1 is 0.846 bits per heavy atom. The first-order valence-corrected chi connectivity index (χ1v) is 14.0. The zero-order valence-electron chi connectivity index (χ0n) is 23.0. The lowest BCUT2D eigenvalue weighted by Crippen LogP contribution is -2.34. The second kappa shape index (κ2) is 19.6. The van der Waals surface area contributed by atoms with Gasteiger partial charge in [-0.15, -0.1) is 0 Å². The van der Waals surface area contributed by atoms with E-state index in [0.717, 1.165) is 49.4 Å². The van der Waals surface area contributed by atoms with E-state index in [-0.39, 0.29) is 6.23 Å². The third-order valence-corrected chi connectivity index (χ3v) is 5.76. The molecule has 0 aromatic carbocycles. The smallest absolute Gasteiger partial charge is 0.335 e. The molecule has 3 aromatic heterocycles. The molecule has 4 heterocycles. The van der Waals surface area contributed by atoms with Crippen molar-refractivity contribution < 1.29 is 21.6 Å². The fourth-order valence-corrected chi connectivity index (χ4v) is 3.88. The van der Waals surface area contributed by atoms with Gasteiger partial charge >= 0.3 is 23.1 Å². The molecule has 0 bridgehead atoms. The molecule has 1 unspecified atom stereocenters. The highest BCUT2D eigenvalue weighted by atomic mass is 32.1. The maximum atomic E-state index is 8.29. The Morgan fingerprint density at radius 3 is 1.92 bits per heavy atom. The molecule has 0 fully saturated rings. The standard InChI is InChI=1S/C15H22N2O.C13H14N2.2O2S/c1-4-12-7-9-14(18-5-2)17-15(12)13-8-6-11(3)10-16-13;1-3-11-5-4-8-14-13(11)12-7-6-10(2)9-15-12;2*1-3-2/h6,8,10,14,17H,4-5,7,9H2,1-3H3;4-9H,3H2,1-2H3;;. The molecule has 3 aromatic rings. The van der Waals surface area contributed by atoms with E-state index in [1.807, 2.05) is 44.6 Å². The van der Waals surface area contributed by atoms with Crippen molar-refractivity contribution in [1.82, 2.24) is 20.3 Å². The summed E-state index contributed by atoms with van der Waals surface area (Å²) in [6, 6.07) is 12.4. The summed E-state index contributed by atoms with van der Waals surface area (Å²) in [4.78, 5) is 13.3. The SMILES string of the molecule is CCOC1CCC(CC)=C(c2ccc(C)cn2)N1.CCc1cccnc1-c1ccc(C)cn1.O=S=O.O=S=O. The Labute approximate surface area is 237 Å². The van der Waals surface area contributed by atoms with Gasteiger partial charge in [0.1, 0.15) is 6.23 Å². The van der Waals surface area contributed by atoms with Gasteiger partial charge in [0.05, 0.1) is 22.8 Å². The second-order valence-electron chi connectivity index (χ2n) is 8.40. The number of aromatic nitrogens is 3. The van der Waals surface area contributed by atoms with E-state index >= 15 is 0 Å². The molecule has 0 radical (unpaired) electrons. The van der Waals surface area contributed by atoms with Crippen LogP contribution in [0.5, 0.6) is 0 Å². The van der Waals surface area contributed by atoms with Gasteiger partial charge in [0.25, 0.3) is 0 Å². The number of aryl methyl sites for hydroxylation is 3. The second-order valence-corrected chi connectivity index (χ2v) is 8.67. The molecule has 11 heteroatoms. The lowest BCUT2D eigenvalue weighted by Gasteiger charge is -2.29. The van der Waals surface area contributed by atoms with Gasteiger partial charge in [0.2, 0.25) is 0 Å². The van der Waals surface area contributed by atoms with Gasteiger partial charge in [-0.25, -0.2) is 0 Å². The van der Waals surface area contributed by atoms with Crippen molar-refractivity contribution in [3.05, 3.63) is 82.9 Å². The zero-order valence-corrected chi connectivity index (χ0v) is 24.6. The maximum Gasteiger partial charge on any atom is 0.335 e. The highest BCUT2D eigenvalue weighted by Crippen LogP contribution is 2.27. The van der Waals surface area contributed by atoms with E-state index in [1.165, 1.54) is 28.0 Å². The fourth-order valence-electron chi connectivity index (χ4n) is 3.88. The highest BCUT2D eigenvalue weighted by Gasteiger charge is 2.21. The average molecular weight is 573 g/mol. The van der Waals surface area contributed by atoms with Gasteiger partial charge < -0.3 is 10.1 Å². The summed E-state index contributed by atoms with van der Waals surface area (Å²) in [5, 5.41) is 3.49. The number of pyridine rings is 3. The van der Waals surface area contributed by atoms with Gasteiger partial charge in [-0.1, -0.05) is 32.0 Å². The molecular formula is C28H36N4O5S2. The van der Waals surface area contributed by atoms with Gasteiger partial charge in [0.15, 0.2) is 0 Å². The van der Waals surface area contributed by atoms with Crippen molar-refractivity contribution in [2.45, 2.75) is 66.5 Å². The highest BCUT2D eigenvalue weighted by molar-refractivity contribution is 7.51. The van der Waals surface area contributed by atoms with Crippen molar-refractivity contribution in [2.75, 3.05) is 6.61 Å². The zero-order chi connectivity index (χ0) is 29.0. The van der Waals surface area contributed by atoms with E-state index in [1.54, 1.807) is 0 Å². The van der Waals surface area contributed by atoms with Gasteiger partial charge in [-0.3, -0.25) is 15.0 Å². The molecular weight excluding hydrogens is 536 g/mol. The lowest BCUT2D eigenvalue weighted by molar-refractivity contribution is 0.0411. The number of hydrogen-bond donors (Lipinski definition) is 1. The number of allylic oxidation sites excluding steroid dienone is 1. The minimum absolute atomic E-state index is 0.128. The molecule has 1 atom stereocenters. The predicted octanol–water partition coefficient (Wildman–Crippen LogP) is 4.93. The van der Waals surface area contributed by atoms with Crippen molar-refractivity contribution >= 4 is 28.8 Å². The van der Waals surface area contributed by atoms with Crippen LogP contribution in [0.1, 0.15) is 62.4 Å². The molecule has 1 aliphatic heterocycles. The third kappa shape index (κ3) is 11.9. The predicted molar refractivity (Wildman–Crippen MR) is 153 cm³/mol. The minimum atomic E-state index is -0.750. The van der Waals surface area contributed by atoms with Crippen LogP contribution in [0.2, 0.25) is 0 Å². The molecule has 0 saturated heterocycles. The molecule has 9 nitrogen and oxygen atoms in total. The van der Waals surface area contributed by atoms with Crippen molar-refractivity contribution in [3.63, 3.8) is 0 Å². The molecule has 0 amide bonds. The first kappa shape index (κ1) is 33.6. The summed E-state index contributed by atoms with van der Waals surface area (Å²) >= 11 is -1.50. The quantitative estimate of drug-likeness (QED) is 0.437. The fraction of sp³-hybridized carbons (Fsp3) is 0.393. The van der Waals surface area contributed by atoms with Crippen LogP contribution in [0.25, 0.3) is 17.1 Å². The number of rotatable bonds is 6. The summed E-state index contributed by atoms with van der Waals surface area (Å²) in [5.41, 5.74) is 9.21. The Kier molecular flexibility index (Phi) is 16.9. The first-order valence-electron chi connectivity index (χ1n) is 12.6. The van der Waals surface area contributed by atoms with Crippen LogP contribution in [-0.2, 0) is 34.3 Å². The summed E-state index contributed by atoms with van der Waals surface area (Å²) in [6.45, 7) is 11.2. The van der Waals surface area contributed by atoms with Crippen LogP contribution in [0.3, 0.4) is 0 Å². The van der Waals surface area contributed by atoms with Crippen LogP contribution >= 0.6 is 0 Å². The summed E-state index contributed by atoms with van der Waals surface area (Å²) in [5.74, 6) is 0. The number of ether oxygens (including phenoxy) is 1. The van der Waals surface area contributed by atoms with Crippen LogP contribution in [0.4, 0.5) is 0 Å². The van der Waals surface area contributed by atoms with Crippen molar-refractivity contribution in [2.24, 2.45) is 0 Å². The van der Waals surface area contributed by atoms with E-state index in [0.29, 0.717) is 0 Å². The number of nitrogens with zero attached hydrogens (tertiary/aromatic N) is 3. The van der Waals surface area contributed by atoms with E-state index in [4.69, 9.17) is 21.6 Å². The topological polar surface area (TPSA) is 128 Å². The molecule has 1 N–H and O–H groups in total. The first-order chi connectivity index (χ1) is 18.9. The Hall–Kier alpha value is -3.41. The molecule has 39 heavy (non-hydrogen) atoms. The average Bonchev–Trinajstić information content (AvgIpc) is 2.95. The molecule has 0 saturated carbocycles. The van der Waals surface area contributed by atoms with E-state index in [2.05, 4.69) is 65.3 Å². The summed E-state index contributed by atoms with van der Waals surface area (Å²) < 4.78 is 38.8. The van der Waals surface area contributed by atoms with Crippen LogP contribution < -0.4 is 5.32 Å². The largest absolute Gasteiger partial charge is 0.359 e. The Morgan fingerprint density at radius 2 is 1.44 bits per heavy atom. The molecule has 0 aliphatic carbocycles. The van der Waals surface area contributed by atoms with Crippen molar-refractivity contribution in [3.8, 4) is 11.4 Å². The monoisotopic (exact) mass is 572 g/mol. The molecule has 0 spiro atoms. The van der Waals surface area contributed by atoms with E-state index < -0.39 is 23.1 Å². The third-order valence-electron chi connectivity index (χ3n) is 5.76. The van der Waals surface area contributed by atoms with Gasteiger partial charge in [-0.2, -0.15) is 16.8 Å². The molecule has 4 rings (SSSR count). The van der Waals surface area contributed by atoms with Gasteiger partial charge in [0, 0.05) is 25.2 Å². The lowest BCUT2D eigenvalue weighted by atomic mass is 9.98. The Bertz CT molecular complexity index is 1230. The normalized spacial score (nSPS) is 13.7. The van der Waals surface area contributed by atoms with E-state index in [9.17, 15) is 0 Å². The number of hydrogen-bond acceptors (Lipinski definition) is 9. The number of nitrogens with one attached hydrogen (secondary N) is 1. The van der Waals surface area contributed by atoms with Crippen molar-refractivity contribution in [1.29, 1.82) is 0 Å². The summed E-state index contributed by atoms with van der Waals surface area (Å²) in [7, 11) is 0. The molecule has 210 valence electrons.